The van der Waals surface area contributed by atoms with Crippen LogP contribution in [0.5, 0.6) is 5.75 Å². The highest BCUT2D eigenvalue weighted by atomic mass is 79.9. The van der Waals surface area contributed by atoms with Crippen LogP contribution >= 0.6 is 15.9 Å². The van der Waals surface area contributed by atoms with Crippen LogP contribution in [0.15, 0.2) is 65.9 Å². The smallest absolute Gasteiger partial charge is 0.246 e. The lowest BCUT2D eigenvalue weighted by Crippen LogP contribution is -2.39. The number of nitrogen functional groups attached to an aromatic ring is 1. The van der Waals surface area contributed by atoms with Gasteiger partial charge in [0.15, 0.2) is 5.65 Å². The summed E-state index contributed by atoms with van der Waals surface area (Å²) in [5.41, 5.74) is 10.1. The van der Waals surface area contributed by atoms with E-state index in [1.54, 1.807) is 21.7 Å². The van der Waals surface area contributed by atoms with E-state index in [2.05, 4.69) is 32.5 Å². The summed E-state index contributed by atoms with van der Waals surface area (Å²) < 4.78 is 2.37. The quantitative estimate of drug-likeness (QED) is 0.424. The largest absolute Gasteiger partial charge is 0.507 e. The molecule has 160 valence electrons. The number of hydrogen-bond acceptors (Lipinski definition) is 6. The second kappa shape index (κ2) is 7.76. The fourth-order valence-corrected chi connectivity index (χ4v) is 4.41. The lowest BCUT2D eigenvalue weighted by atomic mass is 9.95. The van der Waals surface area contributed by atoms with E-state index in [-0.39, 0.29) is 17.7 Å². The van der Waals surface area contributed by atoms with Crippen molar-refractivity contribution in [3.05, 3.63) is 77.0 Å². The molecule has 9 heteroatoms. The number of fused-ring (bicyclic) bond motifs is 2. The first kappa shape index (κ1) is 20.2. The molecule has 1 amide bonds. The molecule has 1 atom stereocenters. The van der Waals surface area contributed by atoms with Crippen LogP contribution in [0, 0.1) is 0 Å². The number of aromatic nitrogens is 4. The third kappa shape index (κ3) is 3.21. The first-order valence-corrected chi connectivity index (χ1v) is 10.7. The molecule has 0 radical (unpaired) electrons. The molecular formula is C23H19BrN6O2. The Morgan fingerprint density at radius 2 is 2.06 bits per heavy atom. The molecule has 3 N–H and O–H groups in total. The van der Waals surface area contributed by atoms with Crippen molar-refractivity contribution in [1.82, 2.24) is 24.6 Å². The molecule has 0 aliphatic carbocycles. The molecular weight excluding hydrogens is 472 g/mol. The summed E-state index contributed by atoms with van der Waals surface area (Å²) in [4.78, 5) is 22.8. The van der Waals surface area contributed by atoms with Gasteiger partial charge in [0.2, 0.25) is 5.91 Å². The molecule has 0 saturated carbocycles. The summed E-state index contributed by atoms with van der Waals surface area (Å²) in [6.45, 7) is 4.54. The number of nitrogens with two attached hydrogens (primary N) is 1. The van der Waals surface area contributed by atoms with Gasteiger partial charge in [-0.15, -0.1) is 0 Å². The topological polar surface area (TPSA) is 110 Å². The summed E-state index contributed by atoms with van der Waals surface area (Å²) in [5.74, 6) is 0.237. The number of amides is 1. The molecule has 0 spiro atoms. The van der Waals surface area contributed by atoms with Crippen LogP contribution in [0.4, 0.5) is 5.82 Å². The third-order valence-corrected chi connectivity index (χ3v) is 6.36. The maximum absolute atomic E-state index is 12.5. The van der Waals surface area contributed by atoms with E-state index in [0.29, 0.717) is 45.7 Å². The zero-order valence-electron chi connectivity index (χ0n) is 16.9. The number of anilines is 1. The van der Waals surface area contributed by atoms with Crippen LogP contribution in [-0.4, -0.2) is 42.2 Å². The summed E-state index contributed by atoms with van der Waals surface area (Å²) in [7, 11) is 0. The van der Waals surface area contributed by atoms with Gasteiger partial charge in [-0.3, -0.25) is 4.79 Å². The Labute approximate surface area is 192 Å². The Bertz CT molecular complexity index is 1380. The highest BCUT2D eigenvalue weighted by Gasteiger charge is 2.31. The molecule has 4 aromatic rings. The van der Waals surface area contributed by atoms with E-state index in [1.807, 2.05) is 30.3 Å². The molecule has 0 saturated heterocycles. The summed E-state index contributed by atoms with van der Waals surface area (Å²) in [6.07, 6.45) is 2.72. The molecule has 2 aromatic heterocycles. The standard InChI is InChI=1S/C23H19BrN6O2/c1-2-19(32)29-10-14-5-3-4-6-15(14)17(11-29)30-23-20(22(25)26-12-27-23)21(28-30)13-7-8-16(24)18(31)9-13/h2-9,12,17,31H,1,10-11H2,(H2,25,26,27). The SMILES string of the molecule is C=CC(=O)N1Cc2ccccc2C(n2nc(-c3ccc(Br)c(O)c3)c3c(N)ncnc32)C1. The van der Waals surface area contributed by atoms with Crippen molar-refractivity contribution in [3.63, 3.8) is 0 Å². The molecule has 1 aliphatic rings. The van der Waals surface area contributed by atoms with E-state index < -0.39 is 0 Å². The van der Waals surface area contributed by atoms with Gasteiger partial charge in [0.1, 0.15) is 23.6 Å². The average Bonchev–Trinajstić information content (AvgIpc) is 3.20. The summed E-state index contributed by atoms with van der Waals surface area (Å²) in [6, 6.07) is 12.9. The van der Waals surface area contributed by atoms with Gasteiger partial charge in [-0.1, -0.05) is 36.9 Å². The maximum Gasteiger partial charge on any atom is 0.246 e. The number of carbonyl (C=O) groups is 1. The molecule has 3 heterocycles. The van der Waals surface area contributed by atoms with Gasteiger partial charge >= 0.3 is 0 Å². The van der Waals surface area contributed by atoms with Gasteiger partial charge in [-0.25, -0.2) is 14.6 Å². The normalized spacial score (nSPS) is 15.5. The molecule has 2 aromatic carbocycles. The minimum atomic E-state index is -0.279. The van der Waals surface area contributed by atoms with Gasteiger partial charge in [-0.05, 0) is 45.3 Å². The van der Waals surface area contributed by atoms with E-state index in [4.69, 9.17) is 10.8 Å². The van der Waals surface area contributed by atoms with Crippen molar-refractivity contribution in [3.8, 4) is 17.0 Å². The van der Waals surface area contributed by atoms with Gasteiger partial charge < -0.3 is 15.7 Å². The zero-order chi connectivity index (χ0) is 22.4. The average molecular weight is 491 g/mol. The second-order valence-corrected chi connectivity index (χ2v) is 8.41. The number of nitrogens with zero attached hydrogens (tertiary/aromatic N) is 5. The predicted molar refractivity (Wildman–Crippen MR) is 125 cm³/mol. The molecule has 0 bridgehead atoms. The minimum Gasteiger partial charge on any atom is -0.507 e. The lowest BCUT2D eigenvalue weighted by molar-refractivity contribution is -0.127. The van der Waals surface area contributed by atoms with Crippen LogP contribution in [0.2, 0.25) is 0 Å². The summed E-state index contributed by atoms with van der Waals surface area (Å²) >= 11 is 3.31. The number of benzene rings is 2. The third-order valence-electron chi connectivity index (χ3n) is 5.69. The number of halogens is 1. The number of rotatable bonds is 3. The molecule has 1 unspecified atom stereocenters. The van der Waals surface area contributed by atoms with E-state index in [0.717, 1.165) is 11.1 Å². The number of aromatic hydroxyl groups is 1. The minimum absolute atomic E-state index is 0.0892. The van der Waals surface area contributed by atoms with Crippen molar-refractivity contribution in [2.24, 2.45) is 0 Å². The monoisotopic (exact) mass is 490 g/mol. The predicted octanol–water partition coefficient (Wildman–Crippen LogP) is 3.66. The second-order valence-electron chi connectivity index (χ2n) is 7.55. The Balaban J connectivity index is 1.74. The fraction of sp³-hybridized carbons (Fsp3) is 0.130. The molecule has 32 heavy (non-hydrogen) atoms. The molecule has 0 fully saturated rings. The van der Waals surface area contributed by atoms with Crippen molar-refractivity contribution >= 4 is 38.7 Å². The first-order chi connectivity index (χ1) is 15.5. The summed E-state index contributed by atoms with van der Waals surface area (Å²) in [5, 5.41) is 15.7. The van der Waals surface area contributed by atoms with E-state index in [1.165, 1.54) is 12.4 Å². The number of phenolic OH excluding ortho intramolecular Hbond substituents is 1. The lowest BCUT2D eigenvalue weighted by Gasteiger charge is -2.34. The van der Waals surface area contributed by atoms with Gasteiger partial charge in [-0.2, -0.15) is 5.10 Å². The highest BCUT2D eigenvalue weighted by Crippen LogP contribution is 2.38. The highest BCUT2D eigenvalue weighted by molar-refractivity contribution is 9.10. The van der Waals surface area contributed by atoms with Crippen molar-refractivity contribution < 1.29 is 9.90 Å². The number of phenols is 1. The fourth-order valence-electron chi connectivity index (χ4n) is 4.16. The molecule has 5 rings (SSSR count). The van der Waals surface area contributed by atoms with Crippen LogP contribution in [0.1, 0.15) is 17.2 Å². The van der Waals surface area contributed by atoms with E-state index in [9.17, 15) is 9.90 Å². The Morgan fingerprint density at radius 1 is 1.25 bits per heavy atom. The first-order valence-electron chi connectivity index (χ1n) is 9.94. The van der Waals surface area contributed by atoms with Crippen LogP contribution in [0.25, 0.3) is 22.3 Å². The van der Waals surface area contributed by atoms with Crippen molar-refractivity contribution in [1.29, 1.82) is 0 Å². The van der Waals surface area contributed by atoms with Gasteiger partial charge in [0.05, 0.1) is 15.9 Å². The molecule has 8 nitrogen and oxygen atoms in total. The maximum atomic E-state index is 12.5. The van der Waals surface area contributed by atoms with Crippen LogP contribution in [-0.2, 0) is 11.3 Å². The van der Waals surface area contributed by atoms with Crippen molar-refractivity contribution in [2.75, 3.05) is 12.3 Å². The van der Waals surface area contributed by atoms with E-state index >= 15 is 0 Å². The Morgan fingerprint density at radius 3 is 2.84 bits per heavy atom. The number of carbonyl (C=O) groups excluding carboxylic acids is 1. The van der Waals surface area contributed by atoms with Gasteiger partial charge in [0.25, 0.3) is 0 Å². The zero-order valence-corrected chi connectivity index (χ0v) is 18.5. The van der Waals surface area contributed by atoms with Crippen LogP contribution in [0.3, 0.4) is 0 Å². The Hall–Kier alpha value is -3.72. The van der Waals surface area contributed by atoms with Gasteiger partial charge in [0, 0.05) is 18.7 Å². The Kier molecular flexibility index (Phi) is 4.90. The van der Waals surface area contributed by atoms with Crippen LogP contribution < -0.4 is 5.73 Å². The molecule has 1 aliphatic heterocycles. The number of hydrogen-bond donors (Lipinski definition) is 2. The van der Waals surface area contributed by atoms with Crippen molar-refractivity contribution in [2.45, 2.75) is 12.6 Å².